The van der Waals surface area contributed by atoms with E-state index in [0.29, 0.717) is 6.61 Å². The Bertz CT molecular complexity index is 545. The lowest BCUT2D eigenvalue weighted by Crippen LogP contribution is -2.14. The molecule has 1 N–H and O–H groups in total. The van der Waals surface area contributed by atoms with E-state index in [4.69, 9.17) is 4.74 Å². The van der Waals surface area contributed by atoms with Crippen molar-refractivity contribution in [3.05, 3.63) is 65.7 Å². The molecule has 24 heavy (non-hydrogen) atoms. The topological polar surface area (TPSA) is 21.3 Å². The summed E-state index contributed by atoms with van der Waals surface area (Å²) in [5, 5.41) is 3.52. The molecule has 3 heteroatoms. The normalized spacial score (nSPS) is 10.2. The highest BCUT2D eigenvalue weighted by molar-refractivity contribution is 5.85. The van der Waals surface area contributed by atoms with E-state index in [9.17, 15) is 0 Å². The largest absolute Gasteiger partial charge is 0.489 e. The number of hydrogen-bond acceptors (Lipinski definition) is 2. The summed E-state index contributed by atoms with van der Waals surface area (Å²) in [5.41, 5.74) is 2.48. The molecule has 2 rings (SSSR count). The van der Waals surface area contributed by atoms with Crippen LogP contribution in [0.5, 0.6) is 5.75 Å². The SMILES string of the molecule is CCCCCCCNCc1cccc(OCc2ccccc2)c1.Cl. The van der Waals surface area contributed by atoms with Crippen molar-refractivity contribution in [1.82, 2.24) is 5.32 Å². The van der Waals surface area contributed by atoms with Crippen LogP contribution in [0.25, 0.3) is 0 Å². The van der Waals surface area contributed by atoms with Crippen molar-refractivity contribution in [2.24, 2.45) is 0 Å². The Morgan fingerprint density at radius 3 is 2.38 bits per heavy atom. The number of ether oxygens (including phenoxy) is 1. The maximum Gasteiger partial charge on any atom is 0.120 e. The minimum Gasteiger partial charge on any atom is -0.489 e. The van der Waals surface area contributed by atoms with Gasteiger partial charge in [-0.1, -0.05) is 75.1 Å². The summed E-state index contributed by atoms with van der Waals surface area (Å²) < 4.78 is 5.88. The Morgan fingerprint density at radius 1 is 0.833 bits per heavy atom. The molecule has 0 bridgehead atoms. The van der Waals surface area contributed by atoms with Gasteiger partial charge in [-0.3, -0.25) is 0 Å². The summed E-state index contributed by atoms with van der Waals surface area (Å²) in [6, 6.07) is 18.7. The third kappa shape index (κ3) is 8.37. The lowest BCUT2D eigenvalue weighted by molar-refractivity contribution is 0.306. The van der Waals surface area contributed by atoms with Crippen molar-refractivity contribution in [1.29, 1.82) is 0 Å². The Hall–Kier alpha value is -1.51. The summed E-state index contributed by atoms with van der Waals surface area (Å²) in [6.07, 6.45) is 6.64. The molecular formula is C21H30ClNO. The number of benzene rings is 2. The lowest BCUT2D eigenvalue weighted by atomic mass is 10.1. The molecule has 0 radical (unpaired) electrons. The third-order valence-corrected chi connectivity index (χ3v) is 3.93. The minimum atomic E-state index is 0. The van der Waals surface area contributed by atoms with Crippen LogP contribution in [-0.2, 0) is 13.2 Å². The fraction of sp³-hybridized carbons (Fsp3) is 0.429. The molecule has 2 nitrogen and oxygen atoms in total. The van der Waals surface area contributed by atoms with Crippen molar-refractivity contribution in [2.45, 2.75) is 52.2 Å². The molecule has 0 aromatic heterocycles. The Morgan fingerprint density at radius 2 is 1.58 bits per heavy atom. The first kappa shape index (κ1) is 20.5. The summed E-state index contributed by atoms with van der Waals surface area (Å²) in [6.45, 7) is 4.88. The van der Waals surface area contributed by atoms with Crippen LogP contribution in [0.3, 0.4) is 0 Å². The molecule has 0 aliphatic carbocycles. The molecule has 0 amide bonds. The first-order chi connectivity index (χ1) is 11.4. The van der Waals surface area contributed by atoms with Crippen molar-refractivity contribution in [3.8, 4) is 5.75 Å². The van der Waals surface area contributed by atoms with Gasteiger partial charge in [0.15, 0.2) is 0 Å². The first-order valence-electron chi connectivity index (χ1n) is 8.85. The second-order valence-corrected chi connectivity index (χ2v) is 6.01. The van der Waals surface area contributed by atoms with Gasteiger partial charge in [0, 0.05) is 6.54 Å². The van der Waals surface area contributed by atoms with E-state index < -0.39 is 0 Å². The van der Waals surface area contributed by atoms with E-state index in [0.717, 1.165) is 18.8 Å². The summed E-state index contributed by atoms with van der Waals surface area (Å²) in [5.74, 6) is 0.941. The van der Waals surface area contributed by atoms with Gasteiger partial charge in [-0.25, -0.2) is 0 Å². The monoisotopic (exact) mass is 347 g/mol. The van der Waals surface area contributed by atoms with Gasteiger partial charge < -0.3 is 10.1 Å². The molecule has 132 valence electrons. The van der Waals surface area contributed by atoms with Crippen LogP contribution < -0.4 is 10.1 Å². The molecule has 0 fully saturated rings. The minimum absolute atomic E-state index is 0. The van der Waals surface area contributed by atoms with E-state index in [2.05, 4.69) is 42.6 Å². The second kappa shape index (κ2) is 12.9. The first-order valence-corrected chi connectivity index (χ1v) is 8.85. The Labute approximate surface area is 153 Å². The van der Waals surface area contributed by atoms with Crippen LogP contribution in [0.1, 0.15) is 50.2 Å². The van der Waals surface area contributed by atoms with Crippen molar-refractivity contribution < 1.29 is 4.74 Å². The maximum absolute atomic E-state index is 5.88. The van der Waals surface area contributed by atoms with Crippen LogP contribution in [0.2, 0.25) is 0 Å². The second-order valence-electron chi connectivity index (χ2n) is 6.01. The van der Waals surface area contributed by atoms with Crippen molar-refractivity contribution in [3.63, 3.8) is 0 Å². The molecule has 0 aliphatic rings. The van der Waals surface area contributed by atoms with Gasteiger partial charge in [-0.2, -0.15) is 0 Å². The molecule has 0 saturated carbocycles. The van der Waals surface area contributed by atoms with Crippen molar-refractivity contribution >= 4 is 12.4 Å². The maximum atomic E-state index is 5.88. The Balaban J connectivity index is 0.00000288. The van der Waals surface area contributed by atoms with Crippen LogP contribution in [0.15, 0.2) is 54.6 Å². The van der Waals surface area contributed by atoms with Gasteiger partial charge in [-0.15, -0.1) is 12.4 Å². The molecule has 2 aromatic carbocycles. The fourth-order valence-corrected chi connectivity index (χ4v) is 2.57. The summed E-state index contributed by atoms with van der Waals surface area (Å²) >= 11 is 0. The molecule has 0 spiro atoms. The average Bonchev–Trinajstić information content (AvgIpc) is 2.60. The zero-order valence-corrected chi connectivity index (χ0v) is 15.5. The molecule has 0 unspecified atom stereocenters. The molecular weight excluding hydrogens is 318 g/mol. The van der Waals surface area contributed by atoms with Gasteiger partial charge >= 0.3 is 0 Å². The van der Waals surface area contributed by atoms with Gasteiger partial charge in [0.1, 0.15) is 12.4 Å². The number of unbranched alkanes of at least 4 members (excludes halogenated alkanes) is 4. The highest BCUT2D eigenvalue weighted by Crippen LogP contribution is 2.15. The highest BCUT2D eigenvalue weighted by atomic mass is 35.5. The zero-order valence-electron chi connectivity index (χ0n) is 14.7. The predicted molar refractivity (Wildman–Crippen MR) is 105 cm³/mol. The Kier molecular flexibility index (Phi) is 11.0. The van der Waals surface area contributed by atoms with Crippen LogP contribution in [0.4, 0.5) is 0 Å². The van der Waals surface area contributed by atoms with E-state index in [1.807, 2.05) is 24.3 Å². The molecule has 0 aliphatic heterocycles. The fourth-order valence-electron chi connectivity index (χ4n) is 2.57. The molecule has 2 aromatic rings. The van der Waals surface area contributed by atoms with Gasteiger partial charge in [0.2, 0.25) is 0 Å². The predicted octanol–water partition coefficient (Wildman–Crippen LogP) is 5.75. The van der Waals surface area contributed by atoms with Gasteiger partial charge in [0.05, 0.1) is 0 Å². The van der Waals surface area contributed by atoms with Crippen LogP contribution in [0, 0.1) is 0 Å². The quantitative estimate of drug-likeness (QED) is 0.523. The third-order valence-electron chi connectivity index (χ3n) is 3.93. The number of nitrogens with one attached hydrogen (secondary N) is 1. The van der Waals surface area contributed by atoms with Crippen LogP contribution >= 0.6 is 12.4 Å². The van der Waals surface area contributed by atoms with Gasteiger partial charge in [-0.05, 0) is 36.2 Å². The molecule has 0 heterocycles. The van der Waals surface area contributed by atoms with E-state index in [1.54, 1.807) is 0 Å². The van der Waals surface area contributed by atoms with E-state index in [-0.39, 0.29) is 12.4 Å². The lowest BCUT2D eigenvalue weighted by Gasteiger charge is -2.09. The molecule has 0 saturated heterocycles. The van der Waals surface area contributed by atoms with Crippen LogP contribution in [-0.4, -0.2) is 6.54 Å². The number of halogens is 1. The zero-order chi connectivity index (χ0) is 16.2. The average molecular weight is 348 g/mol. The number of rotatable bonds is 11. The summed E-state index contributed by atoms with van der Waals surface area (Å²) in [7, 11) is 0. The summed E-state index contributed by atoms with van der Waals surface area (Å²) in [4.78, 5) is 0. The van der Waals surface area contributed by atoms with Crippen molar-refractivity contribution in [2.75, 3.05) is 6.54 Å². The number of hydrogen-bond donors (Lipinski definition) is 1. The van der Waals surface area contributed by atoms with Gasteiger partial charge in [0.25, 0.3) is 0 Å². The smallest absolute Gasteiger partial charge is 0.120 e. The molecule has 0 atom stereocenters. The standard InChI is InChI=1S/C21H29NO.ClH/c1-2-3-4-5-9-15-22-17-20-13-10-14-21(16-20)23-18-19-11-7-6-8-12-19;/h6-8,10-14,16,22H,2-5,9,15,17-18H2,1H3;1H. The van der Waals surface area contributed by atoms with E-state index >= 15 is 0 Å². The highest BCUT2D eigenvalue weighted by Gasteiger charge is 1.98. The van der Waals surface area contributed by atoms with E-state index in [1.165, 1.54) is 43.2 Å².